The number of hydrogen-bond donors (Lipinski definition) is 1. The van der Waals surface area contributed by atoms with Crippen molar-refractivity contribution in [2.24, 2.45) is 5.73 Å². The third-order valence-electron chi connectivity index (χ3n) is 2.74. The highest BCUT2D eigenvalue weighted by atomic mass is 16.5. The van der Waals surface area contributed by atoms with E-state index in [1.54, 1.807) is 11.8 Å². The molecule has 0 unspecified atom stereocenters. The maximum atomic E-state index is 11.7. The van der Waals surface area contributed by atoms with Crippen LogP contribution in [0.15, 0.2) is 0 Å². The summed E-state index contributed by atoms with van der Waals surface area (Å²) in [7, 11) is 0. The molecule has 0 aromatic carbocycles. The molecule has 1 saturated heterocycles. The number of hydrogen-bond acceptors (Lipinski definition) is 4. The third-order valence-corrected chi connectivity index (χ3v) is 2.74. The molecule has 1 rings (SSSR count). The molecule has 0 aliphatic carbocycles. The summed E-state index contributed by atoms with van der Waals surface area (Å²) >= 11 is 0. The lowest BCUT2D eigenvalue weighted by atomic mass is 10.1. The zero-order valence-electron chi connectivity index (χ0n) is 9.78. The molecule has 1 amide bonds. The van der Waals surface area contributed by atoms with Crippen molar-refractivity contribution in [3.63, 3.8) is 0 Å². The second-order valence-corrected chi connectivity index (χ2v) is 4.02. The minimum Gasteiger partial charge on any atom is -0.466 e. The van der Waals surface area contributed by atoms with Crippen LogP contribution in [0, 0.1) is 0 Å². The molecule has 2 N–H and O–H groups in total. The quantitative estimate of drug-likeness (QED) is 0.701. The number of nitrogens with zero attached hydrogens (tertiary/aromatic N) is 1. The van der Waals surface area contributed by atoms with E-state index in [1.807, 2.05) is 0 Å². The number of esters is 1. The molecule has 0 bridgehead atoms. The Bertz CT molecular complexity index is 248. The fraction of sp³-hybridized carbons (Fsp3) is 0.818. The van der Waals surface area contributed by atoms with Crippen LogP contribution in [0.1, 0.15) is 32.6 Å². The first-order chi connectivity index (χ1) is 7.63. The average molecular weight is 228 g/mol. The number of amides is 1. The molecular formula is C11H20N2O3. The van der Waals surface area contributed by atoms with Gasteiger partial charge in [0.15, 0.2) is 0 Å². The van der Waals surface area contributed by atoms with Crippen LogP contribution in [0.3, 0.4) is 0 Å². The van der Waals surface area contributed by atoms with Gasteiger partial charge in [-0.25, -0.2) is 0 Å². The third kappa shape index (κ3) is 4.18. The van der Waals surface area contributed by atoms with E-state index >= 15 is 0 Å². The van der Waals surface area contributed by atoms with Gasteiger partial charge in [0.1, 0.15) is 0 Å². The van der Waals surface area contributed by atoms with Crippen molar-refractivity contribution in [3.05, 3.63) is 0 Å². The Labute approximate surface area is 95.9 Å². The molecule has 5 nitrogen and oxygen atoms in total. The monoisotopic (exact) mass is 228 g/mol. The molecule has 1 heterocycles. The van der Waals surface area contributed by atoms with Gasteiger partial charge in [-0.1, -0.05) is 0 Å². The number of piperidine rings is 1. The van der Waals surface area contributed by atoms with E-state index in [4.69, 9.17) is 10.5 Å². The van der Waals surface area contributed by atoms with Gasteiger partial charge in [0.2, 0.25) is 5.91 Å². The number of ether oxygens (including phenoxy) is 1. The van der Waals surface area contributed by atoms with Crippen molar-refractivity contribution >= 4 is 11.9 Å². The normalized spacial score (nSPS) is 17.2. The van der Waals surface area contributed by atoms with Crippen LogP contribution in [-0.2, 0) is 14.3 Å². The first kappa shape index (κ1) is 13.0. The molecule has 92 valence electrons. The van der Waals surface area contributed by atoms with Crippen LogP contribution in [0.4, 0.5) is 0 Å². The van der Waals surface area contributed by atoms with Crippen LogP contribution < -0.4 is 5.73 Å². The van der Waals surface area contributed by atoms with Crippen molar-refractivity contribution in [2.75, 3.05) is 19.7 Å². The Kier molecular flexibility index (Phi) is 5.25. The molecule has 0 saturated carbocycles. The standard InChI is InChI=1S/C11H20N2O3/c1-2-16-11(15)4-3-10(14)13-7-5-9(12)6-8-13/h9H,2-8,12H2,1H3. The minimum absolute atomic E-state index is 0.0277. The summed E-state index contributed by atoms with van der Waals surface area (Å²) in [5, 5.41) is 0. The van der Waals surface area contributed by atoms with Gasteiger partial charge >= 0.3 is 5.97 Å². The SMILES string of the molecule is CCOC(=O)CCC(=O)N1CCC(N)CC1. The lowest BCUT2D eigenvalue weighted by Gasteiger charge is -2.30. The smallest absolute Gasteiger partial charge is 0.306 e. The predicted molar refractivity (Wildman–Crippen MR) is 59.7 cm³/mol. The molecule has 0 aromatic rings. The minimum atomic E-state index is -0.301. The number of rotatable bonds is 4. The van der Waals surface area contributed by atoms with E-state index in [0.717, 1.165) is 12.8 Å². The Hall–Kier alpha value is -1.10. The van der Waals surface area contributed by atoms with Gasteiger partial charge in [-0.15, -0.1) is 0 Å². The number of carbonyl (C=O) groups is 2. The summed E-state index contributed by atoms with van der Waals surface area (Å²) in [6.45, 7) is 3.54. The molecule has 0 atom stereocenters. The number of nitrogens with two attached hydrogens (primary N) is 1. The van der Waals surface area contributed by atoms with E-state index in [0.29, 0.717) is 19.7 Å². The molecule has 1 aliphatic rings. The van der Waals surface area contributed by atoms with E-state index in [-0.39, 0.29) is 30.8 Å². The Morgan fingerprint density at radius 3 is 2.50 bits per heavy atom. The molecule has 0 spiro atoms. The van der Waals surface area contributed by atoms with Crippen molar-refractivity contribution < 1.29 is 14.3 Å². The molecule has 5 heteroatoms. The second kappa shape index (κ2) is 6.48. The second-order valence-electron chi connectivity index (χ2n) is 4.02. The van der Waals surface area contributed by atoms with Crippen molar-refractivity contribution in [3.8, 4) is 0 Å². The van der Waals surface area contributed by atoms with Gasteiger partial charge in [0, 0.05) is 25.6 Å². The lowest BCUT2D eigenvalue weighted by molar-refractivity contribution is -0.145. The van der Waals surface area contributed by atoms with Crippen LogP contribution in [-0.4, -0.2) is 42.5 Å². The molecule has 1 fully saturated rings. The fourth-order valence-corrected chi connectivity index (χ4v) is 1.75. The van der Waals surface area contributed by atoms with Crippen LogP contribution in [0.25, 0.3) is 0 Å². The van der Waals surface area contributed by atoms with Gasteiger partial charge in [-0.3, -0.25) is 9.59 Å². The van der Waals surface area contributed by atoms with Gasteiger partial charge in [-0.05, 0) is 19.8 Å². The lowest BCUT2D eigenvalue weighted by Crippen LogP contribution is -2.42. The van der Waals surface area contributed by atoms with Crippen molar-refractivity contribution in [2.45, 2.75) is 38.6 Å². The largest absolute Gasteiger partial charge is 0.466 e. The number of likely N-dealkylation sites (tertiary alicyclic amines) is 1. The summed E-state index contributed by atoms with van der Waals surface area (Å²) in [4.78, 5) is 24.5. The predicted octanol–water partition coefficient (Wildman–Crippen LogP) is 0.279. The van der Waals surface area contributed by atoms with E-state index < -0.39 is 0 Å². The molecule has 0 aromatic heterocycles. The highest BCUT2D eigenvalue weighted by Crippen LogP contribution is 2.10. The molecular weight excluding hydrogens is 208 g/mol. The summed E-state index contributed by atoms with van der Waals surface area (Å²) in [6, 6.07) is 0.217. The first-order valence-corrected chi connectivity index (χ1v) is 5.82. The molecule has 1 aliphatic heterocycles. The summed E-state index contributed by atoms with van der Waals surface area (Å²) < 4.78 is 4.77. The van der Waals surface area contributed by atoms with E-state index in [1.165, 1.54) is 0 Å². The van der Waals surface area contributed by atoms with Crippen molar-refractivity contribution in [1.82, 2.24) is 4.90 Å². The first-order valence-electron chi connectivity index (χ1n) is 5.82. The Morgan fingerprint density at radius 1 is 1.31 bits per heavy atom. The maximum Gasteiger partial charge on any atom is 0.306 e. The maximum absolute atomic E-state index is 11.7. The molecule has 0 radical (unpaired) electrons. The van der Waals surface area contributed by atoms with Crippen LogP contribution in [0.2, 0.25) is 0 Å². The van der Waals surface area contributed by atoms with Gasteiger partial charge in [-0.2, -0.15) is 0 Å². The van der Waals surface area contributed by atoms with Crippen LogP contribution >= 0.6 is 0 Å². The van der Waals surface area contributed by atoms with Crippen LogP contribution in [0.5, 0.6) is 0 Å². The highest BCUT2D eigenvalue weighted by molar-refractivity contribution is 5.81. The molecule has 16 heavy (non-hydrogen) atoms. The topological polar surface area (TPSA) is 72.6 Å². The fourth-order valence-electron chi connectivity index (χ4n) is 1.75. The van der Waals surface area contributed by atoms with E-state index in [9.17, 15) is 9.59 Å². The highest BCUT2D eigenvalue weighted by Gasteiger charge is 2.20. The Balaban J connectivity index is 2.22. The Morgan fingerprint density at radius 2 is 1.94 bits per heavy atom. The van der Waals surface area contributed by atoms with Crippen molar-refractivity contribution in [1.29, 1.82) is 0 Å². The summed E-state index contributed by atoms with van der Waals surface area (Å²) in [5.74, 6) is -0.274. The average Bonchev–Trinajstić information content (AvgIpc) is 2.27. The zero-order chi connectivity index (χ0) is 12.0. The zero-order valence-corrected chi connectivity index (χ0v) is 9.78. The number of carbonyl (C=O) groups excluding carboxylic acids is 2. The van der Waals surface area contributed by atoms with Gasteiger partial charge < -0.3 is 15.4 Å². The van der Waals surface area contributed by atoms with Gasteiger partial charge in [0.25, 0.3) is 0 Å². The summed E-state index contributed by atoms with van der Waals surface area (Å²) in [5.41, 5.74) is 5.75. The van der Waals surface area contributed by atoms with Gasteiger partial charge in [0.05, 0.1) is 13.0 Å². The summed E-state index contributed by atoms with van der Waals surface area (Å²) in [6.07, 6.45) is 2.12. The van der Waals surface area contributed by atoms with E-state index in [2.05, 4.69) is 0 Å².